The number of nitrogens with two attached hydrogens (primary N) is 1. The molecular weight excluding hydrogens is 324 g/mol. The minimum Gasteiger partial charge on any atom is -0.409 e. The summed E-state index contributed by atoms with van der Waals surface area (Å²) in [6, 6.07) is 0. The Morgan fingerprint density at radius 1 is 1.57 bits per heavy atom. The van der Waals surface area contributed by atoms with Crippen LogP contribution in [0.25, 0.3) is 0 Å². The second-order valence-corrected chi connectivity index (χ2v) is 7.13. The molecular formula is C8H14N6O5S2. The standard InChI is InChI=1S/C8H14N6O5S2/c9-7(11-16)6-8(13-19-12-6)20-5-3-14(4-5)21(17,18)10-1-2-15/h5,10,15-16H,1-4H2,(H2,9,11). The molecule has 1 aliphatic heterocycles. The van der Waals surface area contributed by atoms with Crippen molar-refractivity contribution in [3.05, 3.63) is 5.69 Å². The number of aliphatic hydroxyl groups is 1. The summed E-state index contributed by atoms with van der Waals surface area (Å²) in [6.07, 6.45) is 0. The molecule has 11 nitrogen and oxygen atoms in total. The van der Waals surface area contributed by atoms with E-state index in [1.807, 2.05) is 0 Å². The summed E-state index contributed by atoms with van der Waals surface area (Å²) >= 11 is 1.23. The quantitative estimate of drug-likeness (QED) is 0.186. The van der Waals surface area contributed by atoms with Crippen LogP contribution >= 0.6 is 11.8 Å². The predicted molar refractivity (Wildman–Crippen MR) is 72.0 cm³/mol. The third kappa shape index (κ3) is 3.62. The highest BCUT2D eigenvalue weighted by Crippen LogP contribution is 2.31. The summed E-state index contributed by atoms with van der Waals surface area (Å²) in [7, 11) is -3.57. The Hall–Kier alpha value is -1.41. The van der Waals surface area contributed by atoms with E-state index in [0.29, 0.717) is 5.03 Å². The molecule has 0 unspecified atom stereocenters. The normalized spacial score (nSPS) is 17.9. The molecule has 2 heterocycles. The zero-order chi connectivity index (χ0) is 15.5. The maximum absolute atomic E-state index is 11.7. The molecule has 0 bridgehead atoms. The largest absolute Gasteiger partial charge is 0.409 e. The molecule has 0 aromatic carbocycles. The fourth-order valence-corrected chi connectivity index (χ4v) is 4.18. The third-order valence-corrected chi connectivity index (χ3v) is 5.31. The maximum atomic E-state index is 11.7. The van der Waals surface area contributed by atoms with Crippen LogP contribution in [0.1, 0.15) is 5.69 Å². The highest BCUT2D eigenvalue weighted by Gasteiger charge is 2.37. The molecule has 1 aromatic heterocycles. The van der Waals surface area contributed by atoms with E-state index in [1.54, 1.807) is 0 Å². The molecule has 1 aromatic rings. The van der Waals surface area contributed by atoms with E-state index < -0.39 is 10.2 Å². The van der Waals surface area contributed by atoms with Crippen LogP contribution in [0.3, 0.4) is 0 Å². The summed E-state index contributed by atoms with van der Waals surface area (Å²) in [5, 5.41) is 27.4. The van der Waals surface area contributed by atoms with Crippen LogP contribution in [-0.4, -0.2) is 70.7 Å². The molecule has 118 valence electrons. The van der Waals surface area contributed by atoms with Gasteiger partial charge in [-0.1, -0.05) is 16.9 Å². The van der Waals surface area contributed by atoms with E-state index in [4.69, 9.17) is 16.0 Å². The molecule has 0 atom stereocenters. The minimum absolute atomic E-state index is 0.0303. The lowest BCUT2D eigenvalue weighted by Crippen LogP contribution is -2.55. The van der Waals surface area contributed by atoms with E-state index in [-0.39, 0.29) is 43.0 Å². The Morgan fingerprint density at radius 3 is 2.90 bits per heavy atom. The molecule has 0 radical (unpaired) electrons. The number of amidine groups is 1. The first-order valence-corrected chi connectivity index (χ1v) is 8.12. The molecule has 0 amide bonds. The predicted octanol–water partition coefficient (Wildman–Crippen LogP) is -2.23. The number of nitrogens with zero attached hydrogens (tertiary/aromatic N) is 4. The van der Waals surface area contributed by atoms with Gasteiger partial charge in [-0.15, -0.1) is 0 Å². The monoisotopic (exact) mass is 338 g/mol. The van der Waals surface area contributed by atoms with Crippen molar-refractivity contribution in [3.8, 4) is 0 Å². The summed E-state index contributed by atoms with van der Waals surface area (Å²) < 4.78 is 31.4. The summed E-state index contributed by atoms with van der Waals surface area (Å²) in [6.45, 7) is 0.248. The van der Waals surface area contributed by atoms with Gasteiger partial charge in [0.25, 0.3) is 10.2 Å². The summed E-state index contributed by atoms with van der Waals surface area (Å²) in [5.41, 5.74) is 5.52. The number of hydrogen-bond donors (Lipinski definition) is 4. The topological polar surface area (TPSA) is 167 Å². The number of rotatable bonds is 7. The van der Waals surface area contributed by atoms with Crippen LogP contribution in [0.4, 0.5) is 0 Å². The number of nitrogens with one attached hydrogen (secondary N) is 1. The van der Waals surface area contributed by atoms with Crippen molar-refractivity contribution >= 4 is 27.8 Å². The second kappa shape index (κ2) is 6.57. The molecule has 13 heteroatoms. The number of aliphatic hydroxyl groups excluding tert-OH is 1. The van der Waals surface area contributed by atoms with E-state index in [0.717, 1.165) is 0 Å². The van der Waals surface area contributed by atoms with Crippen molar-refractivity contribution in [2.24, 2.45) is 10.9 Å². The Labute approximate surface area is 124 Å². The smallest absolute Gasteiger partial charge is 0.279 e. The van der Waals surface area contributed by atoms with Crippen molar-refractivity contribution in [2.75, 3.05) is 26.2 Å². The van der Waals surface area contributed by atoms with Gasteiger partial charge in [-0.2, -0.15) is 17.4 Å². The van der Waals surface area contributed by atoms with Gasteiger partial charge < -0.3 is 16.0 Å². The zero-order valence-corrected chi connectivity index (χ0v) is 12.3. The number of hydrogen-bond acceptors (Lipinski definition) is 9. The molecule has 0 spiro atoms. The number of oxime groups is 1. The van der Waals surface area contributed by atoms with E-state index >= 15 is 0 Å². The third-order valence-electron chi connectivity index (χ3n) is 2.64. The second-order valence-electron chi connectivity index (χ2n) is 4.08. The molecule has 1 saturated heterocycles. The Morgan fingerprint density at radius 2 is 2.29 bits per heavy atom. The lowest BCUT2D eigenvalue weighted by Gasteiger charge is -2.36. The fourth-order valence-electron chi connectivity index (χ4n) is 1.56. The molecule has 1 aliphatic rings. The van der Waals surface area contributed by atoms with Crippen molar-refractivity contribution in [1.82, 2.24) is 19.3 Å². The molecule has 21 heavy (non-hydrogen) atoms. The van der Waals surface area contributed by atoms with Crippen molar-refractivity contribution in [1.29, 1.82) is 0 Å². The zero-order valence-electron chi connectivity index (χ0n) is 10.7. The average Bonchev–Trinajstić information content (AvgIpc) is 2.87. The van der Waals surface area contributed by atoms with Crippen molar-refractivity contribution < 1.29 is 23.4 Å². The number of aromatic nitrogens is 2. The molecule has 5 N–H and O–H groups in total. The van der Waals surface area contributed by atoms with Gasteiger partial charge in [-0.25, -0.2) is 4.63 Å². The highest BCUT2D eigenvalue weighted by atomic mass is 32.2. The van der Waals surface area contributed by atoms with Crippen molar-refractivity contribution in [2.45, 2.75) is 10.3 Å². The van der Waals surface area contributed by atoms with Crippen LogP contribution in [0.5, 0.6) is 0 Å². The van der Waals surface area contributed by atoms with Crippen LogP contribution < -0.4 is 10.5 Å². The van der Waals surface area contributed by atoms with Gasteiger partial charge >= 0.3 is 0 Å². The average molecular weight is 338 g/mol. The molecule has 1 fully saturated rings. The fraction of sp³-hybridized carbons (Fsp3) is 0.625. The van der Waals surface area contributed by atoms with Gasteiger partial charge in [0.2, 0.25) is 0 Å². The first-order valence-electron chi connectivity index (χ1n) is 5.80. The molecule has 2 rings (SSSR count). The van der Waals surface area contributed by atoms with Gasteiger partial charge in [-0.3, -0.25) is 0 Å². The van der Waals surface area contributed by atoms with Crippen LogP contribution in [-0.2, 0) is 10.2 Å². The Kier molecular flexibility index (Phi) is 5.00. The Bertz CT molecular complexity index is 610. The SMILES string of the molecule is N/C(=N\O)c1nonc1SC1CN(S(=O)(=O)NCCO)C1. The lowest BCUT2D eigenvalue weighted by molar-refractivity contribution is 0.288. The first-order chi connectivity index (χ1) is 9.97. The first kappa shape index (κ1) is 16.0. The molecule has 0 saturated carbocycles. The van der Waals surface area contributed by atoms with Gasteiger partial charge in [0.05, 0.1) is 6.61 Å². The van der Waals surface area contributed by atoms with Crippen LogP contribution in [0, 0.1) is 0 Å². The Balaban J connectivity index is 1.90. The van der Waals surface area contributed by atoms with Gasteiger partial charge in [0.1, 0.15) is 0 Å². The van der Waals surface area contributed by atoms with Gasteiger partial charge in [0.15, 0.2) is 16.6 Å². The van der Waals surface area contributed by atoms with Gasteiger partial charge in [-0.05, 0) is 10.3 Å². The number of thioether (sulfide) groups is 1. The van der Waals surface area contributed by atoms with Crippen LogP contribution in [0.2, 0.25) is 0 Å². The molecule has 0 aliphatic carbocycles. The van der Waals surface area contributed by atoms with E-state index in [1.165, 1.54) is 16.1 Å². The van der Waals surface area contributed by atoms with Gasteiger partial charge in [0, 0.05) is 24.9 Å². The minimum atomic E-state index is -3.57. The maximum Gasteiger partial charge on any atom is 0.279 e. The van der Waals surface area contributed by atoms with Crippen LogP contribution in [0.15, 0.2) is 14.8 Å². The van der Waals surface area contributed by atoms with E-state index in [2.05, 4.69) is 24.8 Å². The summed E-state index contributed by atoms with van der Waals surface area (Å²) in [4.78, 5) is 0. The highest BCUT2D eigenvalue weighted by molar-refractivity contribution is 8.00. The summed E-state index contributed by atoms with van der Waals surface area (Å²) in [5.74, 6) is -0.229. The lowest BCUT2D eigenvalue weighted by atomic mass is 10.3. The van der Waals surface area contributed by atoms with Crippen molar-refractivity contribution in [3.63, 3.8) is 0 Å². The van der Waals surface area contributed by atoms with E-state index in [9.17, 15) is 8.42 Å².